The molecule has 1 aromatic heterocycles. The molecular weight excluding hydrogens is 270 g/mol. The Morgan fingerprint density at radius 2 is 1.55 bits per heavy atom. The van der Waals surface area contributed by atoms with E-state index in [9.17, 15) is 0 Å². The van der Waals surface area contributed by atoms with E-state index >= 15 is 0 Å². The van der Waals surface area contributed by atoms with Gasteiger partial charge in [0.25, 0.3) is 0 Å². The summed E-state index contributed by atoms with van der Waals surface area (Å²) in [5.74, 6) is 0.932. The van der Waals surface area contributed by atoms with Crippen LogP contribution in [0.3, 0.4) is 0 Å². The van der Waals surface area contributed by atoms with Crippen LogP contribution in [0.15, 0.2) is 79.1 Å². The molecule has 110 valence electrons. The molecule has 0 bridgehead atoms. The van der Waals surface area contributed by atoms with Crippen molar-refractivity contribution < 1.29 is 9.30 Å². The second-order valence-corrected chi connectivity index (χ2v) is 5.36. The number of ether oxygens (including phenoxy) is 1. The standard InChI is InChI=1S/C20H20NO/c1-17-6-5-9-20(16-17)22-15-14-21-12-10-19(11-13-21)18-7-3-2-4-8-18/h2-13,16H,14-15H2,1H3/q+1. The van der Waals surface area contributed by atoms with Crippen molar-refractivity contribution in [3.63, 3.8) is 0 Å². The van der Waals surface area contributed by atoms with Gasteiger partial charge in [0.1, 0.15) is 12.4 Å². The molecule has 0 atom stereocenters. The largest absolute Gasteiger partial charge is 0.487 e. The molecule has 2 nitrogen and oxygen atoms in total. The van der Waals surface area contributed by atoms with E-state index in [-0.39, 0.29) is 0 Å². The summed E-state index contributed by atoms with van der Waals surface area (Å²) in [4.78, 5) is 0. The molecule has 2 aromatic carbocycles. The van der Waals surface area contributed by atoms with E-state index in [1.165, 1.54) is 16.7 Å². The van der Waals surface area contributed by atoms with Crippen LogP contribution >= 0.6 is 0 Å². The van der Waals surface area contributed by atoms with E-state index < -0.39 is 0 Å². The third kappa shape index (κ3) is 3.73. The fraction of sp³-hybridized carbons (Fsp3) is 0.150. The lowest BCUT2D eigenvalue weighted by molar-refractivity contribution is -0.697. The summed E-state index contributed by atoms with van der Waals surface area (Å²) in [6.45, 7) is 3.58. The van der Waals surface area contributed by atoms with E-state index in [0.717, 1.165) is 12.3 Å². The number of aromatic nitrogens is 1. The van der Waals surface area contributed by atoms with Crippen LogP contribution in [0.2, 0.25) is 0 Å². The number of hydrogen-bond donors (Lipinski definition) is 0. The summed E-state index contributed by atoms with van der Waals surface area (Å²) >= 11 is 0. The molecule has 22 heavy (non-hydrogen) atoms. The van der Waals surface area contributed by atoms with E-state index in [4.69, 9.17) is 4.74 Å². The van der Waals surface area contributed by atoms with E-state index in [2.05, 4.69) is 72.4 Å². The quantitative estimate of drug-likeness (QED) is 0.647. The van der Waals surface area contributed by atoms with Crippen LogP contribution in [0.4, 0.5) is 0 Å². The third-order valence-electron chi connectivity index (χ3n) is 3.61. The van der Waals surface area contributed by atoms with Crippen LogP contribution in [0.5, 0.6) is 5.75 Å². The maximum atomic E-state index is 5.78. The van der Waals surface area contributed by atoms with Crippen molar-refractivity contribution in [2.24, 2.45) is 0 Å². The van der Waals surface area contributed by atoms with Gasteiger partial charge in [0.2, 0.25) is 0 Å². The first kappa shape index (κ1) is 14.3. The minimum atomic E-state index is 0.665. The van der Waals surface area contributed by atoms with Crippen molar-refractivity contribution in [1.29, 1.82) is 0 Å². The Bertz CT molecular complexity index is 720. The van der Waals surface area contributed by atoms with Gasteiger partial charge < -0.3 is 4.74 Å². The molecule has 1 heterocycles. The van der Waals surface area contributed by atoms with Crippen LogP contribution in [0, 0.1) is 6.92 Å². The highest BCUT2D eigenvalue weighted by atomic mass is 16.5. The lowest BCUT2D eigenvalue weighted by atomic mass is 10.1. The van der Waals surface area contributed by atoms with Gasteiger partial charge in [0.05, 0.1) is 0 Å². The first-order valence-corrected chi connectivity index (χ1v) is 7.55. The molecule has 0 aliphatic carbocycles. The molecule has 0 aliphatic rings. The highest BCUT2D eigenvalue weighted by Crippen LogP contribution is 2.16. The molecule has 0 unspecified atom stereocenters. The molecule has 0 aliphatic heterocycles. The van der Waals surface area contributed by atoms with Crippen LogP contribution in [0.25, 0.3) is 11.1 Å². The molecule has 3 rings (SSSR count). The van der Waals surface area contributed by atoms with Crippen molar-refractivity contribution in [2.45, 2.75) is 13.5 Å². The zero-order valence-corrected chi connectivity index (χ0v) is 12.8. The Balaban J connectivity index is 1.57. The van der Waals surface area contributed by atoms with Crippen LogP contribution in [0.1, 0.15) is 5.56 Å². The van der Waals surface area contributed by atoms with Gasteiger partial charge in [-0.15, -0.1) is 0 Å². The number of benzene rings is 2. The van der Waals surface area contributed by atoms with Crippen LogP contribution < -0.4 is 9.30 Å². The normalized spacial score (nSPS) is 10.4. The van der Waals surface area contributed by atoms with Crippen molar-refractivity contribution in [3.05, 3.63) is 84.7 Å². The van der Waals surface area contributed by atoms with E-state index in [0.29, 0.717) is 6.61 Å². The number of pyridine rings is 1. The molecule has 0 spiro atoms. The molecule has 0 saturated carbocycles. The summed E-state index contributed by atoms with van der Waals surface area (Å²) in [7, 11) is 0. The smallest absolute Gasteiger partial charge is 0.182 e. The molecule has 0 saturated heterocycles. The van der Waals surface area contributed by atoms with Gasteiger partial charge in [-0.1, -0.05) is 42.5 Å². The zero-order valence-electron chi connectivity index (χ0n) is 12.8. The first-order valence-electron chi connectivity index (χ1n) is 7.55. The lowest BCUT2D eigenvalue weighted by Gasteiger charge is -2.05. The zero-order chi connectivity index (χ0) is 15.2. The number of aryl methyl sites for hydroxylation is 1. The van der Waals surface area contributed by atoms with Crippen molar-refractivity contribution in [2.75, 3.05) is 6.61 Å². The third-order valence-corrected chi connectivity index (χ3v) is 3.61. The van der Waals surface area contributed by atoms with Crippen LogP contribution in [-0.4, -0.2) is 6.61 Å². The topological polar surface area (TPSA) is 13.1 Å². The number of hydrogen-bond acceptors (Lipinski definition) is 1. The molecule has 0 N–H and O–H groups in total. The summed E-state index contributed by atoms with van der Waals surface area (Å²) in [6.07, 6.45) is 4.20. The van der Waals surface area contributed by atoms with Gasteiger partial charge >= 0.3 is 0 Å². The van der Waals surface area contributed by atoms with Crippen molar-refractivity contribution in [1.82, 2.24) is 0 Å². The highest BCUT2D eigenvalue weighted by Gasteiger charge is 2.03. The van der Waals surface area contributed by atoms with Gasteiger partial charge in [-0.3, -0.25) is 0 Å². The lowest BCUT2D eigenvalue weighted by Crippen LogP contribution is -2.35. The van der Waals surface area contributed by atoms with Gasteiger partial charge in [0.15, 0.2) is 18.9 Å². The molecule has 0 fully saturated rings. The molecule has 0 radical (unpaired) electrons. The highest BCUT2D eigenvalue weighted by molar-refractivity contribution is 5.61. The maximum absolute atomic E-state index is 5.78. The fourth-order valence-electron chi connectivity index (χ4n) is 2.40. The summed E-state index contributed by atoms with van der Waals surface area (Å²) in [6, 6.07) is 22.8. The minimum absolute atomic E-state index is 0.665. The molecule has 0 amide bonds. The van der Waals surface area contributed by atoms with Gasteiger partial charge in [0, 0.05) is 12.1 Å². The second-order valence-electron chi connectivity index (χ2n) is 5.36. The predicted octanol–water partition coefficient (Wildman–Crippen LogP) is 4.03. The molecular formula is C20H20NO+. The monoisotopic (exact) mass is 290 g/mol. The maximum Gasteiger partial charge on any atom is 0.182 e. The van der Waals surface area contributed by atoms with Gasteiger partial charge in [-0.05, 0) is 35.7 Å². The molecule has 3 aromatic rings. The fourth-order valence-corrected chi connectivity index (χ4v) is 2.40. The summed E-state index contributed by atoms with van der Waals surface area (Å²) in [5, 5.41) is 0. The number of rotatable bonds is 5. The Hall–Kier alpha value is -2.61. The molecule has 2 heteroatoms. The van der Waals surface area contributed by atoms with Crippen molar-refractivity contribution >= 4 is 0 Å². The predicted molar refractivity (Wildman–Crippen MR) is 88.7 cm³/mol. The van der Waals surface area contributed by atoms with Gasteiger partial charge in [-0.25, -0.2) is 4.57 Å². The van der Waals surface area contributed by atoms with Gasteiger partial charge in [-0.2, -0.15) is 0 Å². The Labute approximate surface area is 131 Å². The second kappa shape index (κ2) is 6.90. The summed E-state index contributed by atoms with van der Waals surface area (Å²) < 4.78 is 7.93. The average molecular weight is 290 g/mol. The first-order chi connectivity index (χ1) is 10.8. The Kier molecular flexibility index (Phi) is 4.50. The van der Waals surface area contributed by atoms with Crippen molar-refractivity contribution in [3.8, 4) is 16.9 Å². The minimum Gasteiger partial charge on any atom is -0.487 e. The van der Waals surface area contributed by atoms with E-state index in [1.54, 1.807) is 0 Å². The van der Waals surface area contributed by atoms with Crippen LogP contribution in [-0.2, 0) is 6.54 Å². The van der Waals surface area contributed by atoms with E-state index in [1.807, 2.05) is 18.2 Å². The summed E-state index contributed by atoms with van der Waals surface area (Å²) in [5.41, 5.74) is 3.69. The SMILES string of the molecule is Cc1cccc(OCC[n+]2ccc(-c3ccccc3)cc2)c1. The average Bonchev–Trinajstić information content (AvgIpc) is 2.56. The number of nitrogens with zero attached hydrogens (tertiary/aromatic N) is 1. The Morgan fingerprint density at radius 3 is 2.27 bits per heavy atom. The Morgan fingerprint density at radius 1 is 0.818 bits per heavy atom.